The molecule has 0 heterocycles. The summed E-state index contributed by atoms with van der Waals surface area (Å²) in [5, 5.41) is 3.23. The highest BCUT2D eigenvalue weighted by Crippen LogP contribution is 2.27. The van der Waals surface area contributed by atoms with E-state index in [2.05, 4.69) is 65.0 Å². The fourth-order valence-electron chi connectivity index (χ4n) is 7.53. The maximum atomic E-state index is 13.0. The fourth-order valence-corrected chi connectivity index (χ4v) is 7.53. The van der Waals surface area contributed by atoms with Crippen LogP contribution in [0.3, 0.4) is 0 Å². The molecule has 0 rings (SSSR count). The Labute approximate surface area is 316 Å². The third-order valence-electron chi connectivity index (χ3n) is 11.6. The van der Waals surface area contributed by atoms with Gasteiger partial charge >= 0.3 is 0 Å². The molecule has 0 aliphatic heterocycles. The van der Waals surface area contributed by atoms with Crippen molar-refractivity contribution >= 4 is 5.91 Å². The molecule has 0 saturated heterocycles. The van der Waals surface area contributed by atoms with Crippen molar-refractivity contribution in [3.05, 3.63) is 11.6 Å². The number of allylic oxidation sites excluding steroid dienone is 2. The maximum Gasteiger partial charge on any atom is 0.223 e. The highest BCUT2D eigenvalue weighted by Gasteiger charge is 2.24. The molecule has 3 atom stereocenters. The van der Waals surface area contributed by atoms with E-state index in [0.717, 1.165) is 25.9 Å². The van der Waals surface area contributed by atoms with Crippen molar-refractivity contribution in [2.75, 3.05) is 27.2 Å². The van der Waals surface area contributed by atoms with E-state index < -0.39 is 0 Å². The van der Waals surface area contributed by atoms with Gasteiger partial charge in [0, 0.05) is 12.5 Å². The van der Waals surface area contributed by atoms with Gasteiger partial charge in [-0.25, -0.2) is 0 Å². The van der Waals surface area contributed by atoms with Gasteiger partial charge in [-0.1, -0.05) is 213 Å². The van der Waals surface area contributed by atoms with Gasteiger partial charge in [0.2, 0.25) is 5.91 Å². The van der Waals surface area contributed by atoms with Crippen LogP contribution >= 0.6 is 0 Å². The molecular weight excluding hydrogens is 609 g/mol. The molecule has 0 spiro atoms. The summed E-state index contributed by atoms with van der Waals surface area (Å²) < 4.78 is 0. The van der Waals surface area contributed by atoms with Gasteiger partial charge in [-0.15, -0.1) is 0 Å². The molecule has 0 fully saturated rings. The third kappa shape index (κ3) is 33.0. The summed E-state index contributed by atoms with van der Waals surface area (Å²) in [7, 11) is 4.23. The first-order valence-corrected chi connectivity index (χ1v) is 22.9. The number of amides is 1. The first-order valence-electron chi connectivity index (χ1n) is 22.9. The Morgan fingerprint density at radius 1 is 0.500 bits per heavy atom. The highest BCUT2D eigenvalue weighted by atomic mass is 16.1. The van der Waals surface area contributed by atoms with Crippen molar-refractivity contribution < 1.29 is 4.79 Å². The van der Waals surface area contributed by atoms with Crippen molar-refractivity contribution in [1.29, 1.82) is 0 Å². The first-order chi connectivity index (χ1) is 24.3. The lowest BCUT2D eigenvalue weighted by atomic mass is 9.82. The van der Waals surface area contributed by atoms with Gasteiger partial charge in [0.25, 0.3) is 0 Å². The van der Waals surface area contributed by atoms with Crippen molar-refractivity contribution in [2.45, 2.75) is 240 Å². The Morgan fingerprint density at radius 2 is 0.840 bits per heavy atom. The molecule has 3 nitrogen and oxygen atoms in total. The second-order valence-electron chi connectivity index (χ2n) is 16.8. The molecule has 3 unspecified atom stereocenters. The molecule has 0 bridgehead atoms. The van der Waals surface area contributed by atoms with Crippen LogP contribution in [0.25, 0.3) is 0 Å². The summed E-state index contributed by atoms with van der Waals surface area (Å²) in [5.41, 5.74) is 1.68. The Morgan fingerprint density at radius 3 is 1.18 bits per heavy atom. The van der Waals surface area contributed by atoms with Crippen LogP contribution in [0.1, 0.15) is 240 Å². The van der Waals surface area contributed by atoms with Crippen molar-refractivity contribution in [3.63, 3.8) is 0 Å². The Balaban J connectivity index is 4.50. The second-order valence-corrected chi connectivity index (χ2v) is 16.8. The van der Waals surface area contributed by atoms with E-state index in [9.17, 15) is 4.79 Å². The second kappa shape index (κ2) is 37.9. The summed E-state index contributed by atoms with van der Waals surface area (Å²) in [6, 6.07) is 0. The van der Waals surface area contributed by atoms with E-state index in [-0.39, 0.29) is 11.8 Å². The van der Waals surface area contributed by atoms with Crippen LogP contribution in [0.2, 0.25) is 0 Å². The molecule has 1 N–H and O–H groups in total. The normalized spacial score (nSPS) is 13.4. The zero-order chi connectivity index (χ0) is 36.9. The number of rotatable bonds is 39. The monoisotopic (exact) mass is 703 g/mol. The van der Waals surface area contributed by atoms with Gasteiger partial charge in [-0.3, -0.25) is 4.79 Å². The smallest absolute Gasteiger partial charge is 0.223 e. The molecular formula is C47H94N2O. The predicted octanol–water partition coefficient (Wildman–Crippen LogP) is 15.0. The highest BCUT2D eigenvalue weighted by molar-refractivity contribution is 5.78. The largest absolute Gasteiger partial charge is 0.356 e. The summed E-state index contributed by atoms with van der Waals surface area (Å²) in [6.45, 7) is 13.3. The van der Waals surface area contributed by atoms with Gasteiger partial charge in [0.05, 0.1) is 0 Å². The van der Waals surface area contributed by atoms with Crippen LogP contribution in [-0.2, 0) is 4.79 Å². The first kappa shape index (κ1) is 49.2. The molecule has 50 heavy (non-hydrogen) atoms. The van der Waals surface area contributed by atoms with Crippen LogP contribution < -0.4 is 5.32 Å². The zero-order valence-electron chi connectivity index (χ0n) is 35.7. The minimum Gasteiger partial charge on any atom is -0.356 e. The molecule has 0 aromatic heterocycles. The number of hydrogen-bond acceptors (Lipinski definition) is 2. The van der Waals surface area contributed by atoms with Crippen LogP contribution in [0.4, 0.5) is 0 Å². The number of nitrogens with one attached hydrogen (secondary N) is 1. The summed E-state index contributed by atoms with van der Waals surface area (Å²) >= 11 is 0. The van der Waals surface area contributed by atoms with Gasteiger partial charge < -0.3 is 10.2 Å². The molecule has 0 radical (unpaired) electrons. The average molecular weight is 703 g/mol. The van der Waals surface area contributed by atoms with Gasteiger partial charge in [-0.2, -0.15) is 0 Å². The number of hydrogen-bond donors (Lipinski definition) is 1. The standard InChI is InChI=1S/C47H94N2O/c1-8-10-12-14-16-18-20-22-24-26-28-30-32-34-38-46(39-35-33-31-29-27-25-23-21-19-17-15-13-11-9-2)42-43(3)44(4)45(5)47(50)48-40-36-37-41-49(6)7/h42-45H,8-41H2,1-7H3,(H,48,50). The third-order valence-corrected chi connectivity index (χ3v) is 11.6. The summed E-state index contributed by atoms with van der Waals surface area (Å²) in [4.78, 5) is 15.2. The minimum atomic E-state index is 0.0541. The molecule has 0 aliphatic rings. The lowest BCUT2D eigenvalue weighted by Gasteiger charge is -2.24. The van der Waals surface area contributed by atoms with Gasteiger partial charge in [-0.05, 0) is 71.0 Å². The summed E-state index contributed by atoms with van der Waals surface area (Å²) in [6.07, 6.45) is 47.1. The topological polar surface area (TPSA) is 32.3 Å². The van der Waals surface area contributed by atoms with Crippen LogP contribution in [0, 0.1) is 17.8 Å². The minimum absolute atomic E-state index is 0.0541. The van der Waals surface area contributed by atoms with Crippen molar-refractivity contribution in [3.8, 4) is 0 Å². The number of unbranched alkanes of at least 4 members (excludes halogenated alkanes) is 27. The number of carbonyl (C=O) groups excluding carboxylic acids is 1. The van der Waals surface area contributed by atoms with Crippen molar-refractivity contribution in [2.24, 2.45) is 17.8 Å². The Hall–Kier alpha value is -0.830. The van der Waals surface area contributed by atoms with Crippen LogP contribution in [-0.4, -0.2) is 38.0 Å². The number of nitrogens with zero attached hydrogens (tertiary/aromatic N) is 1. The fraction of sp³-hybridized carbons (Fsp3) is 0.936. The maximum absolute atomic E-state index is 13.0. The summed E-state index contributed by atoms with van der Waals surface area (Å²) in [5.74, 6) is 1.10. The van der Waals surface area contributed by atoms with E-state index in [1.807, 2.05) is 0 Å². The van der Waals surface area contributed by atoms with E-state index in [0.29, 0.717) is 11.8 Å². The SMILES string of the molecule is CCCCCCCCCCCCCCCCC(=CC(C)C(C)C(C)C(=O)NCCCCN(C)C)CCCCCCCCCCCCCCCC. The van der Waals surface area contributed by atoms with Gasteiger partial charge in [0.1, 0.15) is 0 Å². The lowest BCUT2D eigenvalue weighted by molar-refractivity contribution is -0.126. The zero-order valence-corrected chi connectivity index (χ0v) is 35.7. The van der Waals surface area contributed by atoms with Crippen LogP contribution in [0.5, 0.6) is 0 Å². The predicted molar refractivity (Wildman–Crippen MR) is 226 cm³/mol. The molecule has 0 saturated carbocycles. The molecule has 3 heteroatoms. The van der Waals surface area contributed by atoms with E-state index in [1.54, 1.807) is 5.57 Å². The van der Waals surface area contributed by atoms with E-state index in [4.69, 9.17) is 0 Å². The quantitative estimate of drug-likeness (QED) is 0.0511. The van der Waals surface area contributed by atoms with Crippen LogP contribution in [0.15, 0.2) is 11.6 Å². The molecule has 0 aromatic rings. The van der Waals surface area contributed by atoms with Crippen molar-refractivity contribution in [1.82, 2.24) is 10.2 Å². The average Bonchev–Trinajstić information content (AvgIpc) is 3.10. The number of carbonyl (C=O) groups is 1. The van der Waals surface area contributed by atoms with Gasteiger partial charge in [0.15, 0.2) is 0 Å². The lowest BCUT2D eigenvalue weighted by Crippen LogP contribution is -2.35. The van der Waals surface area contributed by atoms with E-state index >= 15 is 0 Å². The Bertz CT molecular complexity index is 697. The molecule has 0 aliphatic carbocycles. The Kier molecular flexibility index (Phi) is 37.3. The molecule has 0 aromatic carbocycles. The molecule has 1 amide bonds. The molecule has 298 valence electrons. The van der Waals surface area contributed by atoms with E-state index in [1.165, 1.54) is 193 Å².